The lowest BCUT2D eigenvalue weighted by Crippen LogP contribution is -2.31. The summed E-state index contributed by atoms with van der Waals surface area (Å²) in [5, 5.41) is 12.9. The number of nitrogens with one attached hydrogen (secondary N) is 1. The van der Waals surface area contributed by atoms with Gasteiger partial charge in [0.2, 0.25) is 0 Å². The van der Waals surface area contributed by atoms with Gasteiger partial charge in [-0.15, -0.1) is 0 Å². The zero-order chi connectivity index (χ0) is 13.2. The Bertz CT molecular complexity index is 183. The van der Waals surface area contributed by atoms with E-state index in [2.05, 4.69) is 5.32 Å². The molecule has 0 aromatic heterocycles. The van der Waals surface area contributed by atoms with Gasteiger partial charge in [-0.25, -0.2) is 0 Å². The van der Waals surface area contributed by atoms with Crippen LogP contribution >= 0.6 is 0 Å². The van der Waals surface area contributed by atoms with Gasteiger partial charge >= 0.3 is 0 Å². The Morgan fingerprint density at radius 2 is 2.06 bits per heavy atom. The molecular weight excluding hydrogens is 230 g/mol. The van der Waals surface area contributed by atoms with E-state index in [-0.39, 0.29) is 6.10 Å². The summed E-state index contributed by atoms with van der Waals surface area (Å²) < 4.78 is 10.7. The van der Waals surface area contributed by atoms with Crippen molar-refractivity contribution in [3.05, 3.63) is 0 Å². The van der Waals surface area contributed by atoms with E-state index in [0.29, 0.717) is 26.4 Å². The van der Waals surface area contributed by atoms with E-state index in [4.69, 9.17) is 9.47 Å². The van der Waals surface area contributed by atoms with Gasteiger partial charge in [0.15, 0.2) is 0 Å². The van der Waals surface area contributed by atoms with Gasteiger partial charge in [0, 0.05) is 6.54 Å². The Morgan fingerprint density at radius 1 is 1.28 bits per heavy atom. The first-order valence-electron chi connectivity index (χ1n) is 7.26. The molecule has 1 fully saturated rings. The fourth-order valence-electron chi connectivity index (χ4n) is 1.81. The van der Waals surface area contributed by atoms with Crippen molar-refractivity contribution in [2.45, 2.75) is 51.7 Å². The summed E-state index contributed by atoms with van der Waals surface area (Å²) >= 11 is 0. The van der Waals surface area contributed by atoms with E-state index in [1.807, 2.05) is 13.8 Å². The van der Waals surface area contributed by atoms with E-state index in [9.17, 15) is 5.11 Å². The first-order chi connectivity index (χ1) is 8.68. The second-order valence-corrected chi connectivity index (χ2v) is 5.44. The minimum Gasteiger partial charge on any atom is -0.389 e. The molecule has 4 nitrogen and oxygen atoms in total. The van der Waals surface area contributed by atoms with Crippen molar-refractivity contribution >= 4 is 0 Å². The minimum absolute atomic E-state index is 0.242. The number of hydrogen-bond donors (Lipinski definition) is 2. The molecule has 0 spiro atoms. The topological polar surface area (TPSA) is 50.7 Å². The normalized spacial score (nSPS) is 17.3. The van der Waals surface area contributed by atoms with Crippen molar-refractivity contribution in [3.8, 4) is 0 Å². The molecule has 0 aromatic carbocycles. The summed E-state index contributed by atoms with van der Waals surface area (Å²) in [6.45, 7) is 7.16. The lowest BCUT2D eigenvalue weighted by Gasteiger charge is -2.13. The maximum absolute atomic E-state index is 9.65. The molecule has 1 aliphatic carbocycles. The summed E-state index contributed by atoms with van der Waals surface area (Å²) in [6, 6.07) is 0. The van der Waals surface area contributed by atoms with Gasteiger partial charge < -0.3 is 19.9 Å². The van der Waals surface area contributed by atoms with Crippen LogP contribution in [-0.2, 0) is 9.47 Å². The maximum atomic E-state index is 9.65. The van der Waals surface area contributed by atoms with Gasteiger partial charge in [-0.05, 0) is 39.2 Å². The molecule has 0 saturated heterocycles. The Morgan fingerprint density at radius 3 is 2.72 bits per heavy atom. The second-order valence-electron chi connectivity index (χ2n) is 5.44. The molecule has 1 saturated carbocycles. The third kappa shape index (κ3) is 9.83. The summed E-state index contributed by atoms with van der Waals surface area (Å²) in [4.78, 5) is 0. The summed E-state index contributed by atoms with van der Waals surface area (Å²) in [7, 11) is 0. The molecule has 108 valence electrons. The molecule has 0 radical (unpaired) electrons. The molecule has 0 aromatic rings. The largest absolute Gasteiger partial charge is 0.389 e. The number of ether oxygens (including phenoxy) is 2. The van der Waals surface area contributed by atoms with Crippen LogP contribution < -0.4 is 5.32 Å². The Labute approximate surface area is 111 Å². The highest BCUT2D eigenvalue weighted by atomic mass is 16.5. The summed E-state index contributed by atoms with van der Waals surface area (Å²) in [5.74, 6) is 1.00. The van der Waals surface area contributed by atoms with Crippen LogP contribution in [0.3, 0.4) is 0 Å². The lowest BCUT2D eigenvalue weighted by atomic mass is 10.2. The quantitative estimate of drug-likeness (QED) is 0.522. The number of aliphatic hydroxyl groups is 1. The number of aliphatic hydroxyl groups excluding tert-OH is 1. The van der Waals surface area contributed by atoms with Gasteiger partial charge in [0.25, 0.3) is 0 Å². The van der Waals surface area contributed by atoms with Crippen molar-refractivity contribution in [2.24, 2.45) is 5.92 Å². The highest BCUT2D eigenvalue weighted by molar-refractivity contribution is 4.73. The molecule has 2 N–H and O–H groups in total. The predicted octanol–water partition coefficient (Wildman–Crippen LogP) is 1.57. The second kappa shape index (κ2) is 9.73. The Balaban J connectivity index is 1.76. The molecule has 18 heavy (non-hydrogen) atoms. The van der Waals surface area contributed by atoms with Crippen LogP contribution in [0.4, 0.5) is 0 Å². The molecule has 1 atom stereocenters. The number of rotatable bonds is 12. The first-order valence-corrected chi connectivity index (χ1v) is 7.26. The van der Waals surface area contributed by atoms with Crippen molar-refractivity contribution in [1.82, 2.24) is 5.32 Å². The minimum atomic E-state index is -0.412. The molecule has 0 amide bonds. The summed E-state index contributed by atoms with van der Waals surface area (Å²) in [5.41, 5.74) is 0. The van der Waals surface area contributed by atoms with E-state index in [1.165, 1.54) is 25.7 Å². The van der Waals surface area contributed by atoms with Crippen molar-refractivity contribution in [2.75, 3.05) is 32.9 Å². The molecule has 1 aliphatic rings. The van der Waals surface area contributed by atoms with Crippen molar-refractivity contribution in [1.29, 1.82) is 0 Å². The SMILES string of the molecule is CC(C)OCCOCC(O)CNCCCC1CC1. The molecule has 1 unspecified atom stereocenters. The van der Waals surface area contributed by atoms with Gasteiger partial charge in [0.05, 0.1) is 32.0 Å². The zero-order valence-electron chi connectivity index (χ0n) is 11.9. The molecule has 0 heterocycles. The van der Waals surface area contributed by atoms with Gasteiger partial charge in [-0.1, -0.05) is 12.8 Å². The summed E-state index contributed by atoms with van der Waals surface area (Å²) in [6.07, 6.45) is 5.24. The Hall–Kier alpha value is -0.160. The van der Waals surface area contributed by atoms with Crippen LogP contribution in [0.2, 0.25) is 0 Å². The van der Waals surface area contributed by atoms with Crippen LogP contribution in [0, 0.1) is 5.92 Å². The fraction of sp³-hybridized carbons (Fsp3) is 1.00. The van der Waals surface area contributed by atoms with Crippen LogP contribution in [0.5, 0.6) is 0 Å². The first kappa shape index (κ1) is 15.9. The Kier molecular flexibility index (Phi) is 8.59. The molecular formula is C14H29NO3. The van der Waals surface area contributed by atoms with Crippen LogP contribution in [0.15, 0.2) is 0 Å². The zero-order valence-corrected chi connectivity index (χ0v) is 11.9. The van der Waals surface area contributed by atoms with E-state index in [1.54, 1.807) is 0 Å². The van der Waals surface area contributed by atoms with Gasteiger partial charge in [0.1, 0.15) is 0 Å². The van der Waals surface area contributed by atoms with E-state index >= 15 is 0 Å². The number of hydrogen-bond acceptors (Lipinski definition) is 4. The average molecular weight is 259 g/mol. The molecule has 4 heteroatoms. The molecule has 0 aliphatic heterocycles. The van der Waals surface area contributed by atoms with Gasteiger partial charge in [-0.3, -0.25) is 0 Å². The maximum Gasteiger partial charge on any atom is 0.0897 e. The standard InChI is InChI=1S/C14H29NO3/c1-12(2)18-9-8-17-11-14(16)10-15-7-3-4-13-5-6-13/h12-16H,3-11H2,1-2H3. The predicted molar refractivity (Wildman–Crippen MR) is 72.7 cm³/mol. The third-order valence-electron chi connectivity index (χ3n) is 3.03. The van der Waals surface area contributed by atoms with E-state index in [0.717, 1.165) is 12.5 Å². The van der Waals surface area contributed by atoms with Gasteiger partial charge in [-0.2, -0.15) is 0 Å². The third-order valence-corrected chi connectivity index (χ3v) is 3.03. The smallest absolute Gasteiger partial charge is 0.0897 e. The highest BCUT2D eigenvalue weighted by Crippen LogP contribution is 2.33. The van der Waals surface area contributed by atoms with Crippen LogP contribution in [-0.4, -0.2) is 50.2 Å². The van der Waals surface area contributed by atoms with Crippen molar-refractivity contribution in [3.63, 3.8) is 0 Å². The van der Waals surface area contributed by atoms with Crippen molar-refractivity contribution < 1.29 is 14.6 Å². The van der Waals surface area contributed by atoms with E-state index < -0.39 is 6.10 Å². The average Bonchev–Trinajstić information content (AvgIpc) is 3.11. The molecule has 1 rings (SSSR count). The highest BCUT2D eigenvalue weighted by Gasteiger charge is 2.19. The molecule has 0 bridgehead atoms. The van der Waals surface area contributed by atoms with Crippen LogP contribution in [0.25, 0.3) is 0 Å². The lowest BCUT2D eigenvalue weighted by molar-refractivity contribution is -0.00992. The monoisotopic (exact) mass is 259 g/mol. The van der Waals surface area contributed by atoms with Crippen LogP contribution in [0.1, 0.15) is 39.5 Å². The fourth-order valence-corrected chi connectivity index (χ4v) is 1.81.